The van der Waals surface area contributed by atoms with Crippen molar-refractivity contribution in [3.05, 3.63) is 82.4 Å². The summed E-state index contributed by atoms with van der Waals surface area (Å²) in [5.41, 5.74) is 5.22. The Kier molecular flexibility index (Phi) is 4.31. The predicted octanol–water partition coefficient (Wildman–Crippen LogP) is 5.54. The third kappa shape index (κ3) is 2.79. The summed E-state index contributed by atoms with van der Waals surface area (Å²) in [6.07, 6.45) is 1.91. The average Bonchev–Trinajstić information content (AvgIpc) is 3.27. The van der Waals surface area contributed by atoms with Crippen LogP contribution in [-0.2, 0) is 10.2 Å². The Morgan fingerprint density at radius 1 is 1.03 bits per heavy atom. The number of likely N-dealkylation sites (N-methyl/N-ethyl adjacent to an activating group) is 1. The predicted molar refractivity (Wildman–Crippen MR) is 128 cm³/mol. The molecule has 0 spiro atoms. The molecular weight excluding hydrogens is 410 g/mol. The van der Waals surface area contributed by atoms with E-state index in [0.717, 1.165) is 10.6 Å². The zero-order valence-electron chi connectivity index (χ0n) is 17.0. The highest BCUT2D eigenvalue weighted by atomic mass is 32.1. The number of fused-ring (bicyclic) bond motifs is 2. The number of anilines is 3. The van der Waals surface area contributed by atoms with Crippen LogP contribution in [0.1, 0.15) is 29.9 Å². The molecule has 1 N–H and O–H groups in total. The lowest BCUT2D eigenvalue weighted by Gasteiger charge is -2.39. The number of amides is 1. The lowest BCUT2D eigenvalue weighted by molar-refractivity contribution is -0.121. The van der Waals surface area contributed by atoms with Crippen molar-refractivity contribution in [2.45, 2.75) is 19.3 Å². The summed E-state index contributed by atoms with van der Waals surface area (Å²) in [7, 11) is 1.69. The Bertz CT molecular complexity index is 1210. The van der Waals surface area contributed by atoms with Crippen LogP contribution in [-0.4, -0.2) is 23.0 Å². The van der Waals surface area contributed by atoms with Gasteiger partial charge in [0.25, 0.3) is 5.91 Å². The number of carbonyl (C=O) groups is 1. The molecule has 30 heavy (non-hydrogen) atoms. The summed E-state index contributed by atoms with van der Waals surface area (Å²) in [6.45, 7) is 4.52. The highest BCUT2D eigenvalue weighted by molar-refractivity contribution is 7.80. The molecular formula is C24H21N3OS2. The molecule has 1 aromatic heterocycles. The SMILES string of the molecule is CN1C(=O)/C(=C\c2cc3c(s2)N(c2ccccc2)c2ccccc2C3(C)C)NC1=S. The summed E-state index contributed by atoms with van der Waals surface area (Å²) in [6, 6.07) is 21.2. The van der Waals surface area contributed by atoms with Gasteiger partial charge in [0.05, 0.1) is 5.69 Å². The smallest absolute Gasteiger partial charge is 0.276 e. The Labute approximate surface area is 185 Å². The van der Waals surface area contributed by atoms with E-state index in [9.17, 15) is 4.79 Å². The number of hydrogen-bond acceptors (Lipinski definition) is 4. The first kappa shape index (κ1) is 19.0. The van der Waals surface area contributed by atoms with E-state index in [1.165, 1.54) is 26.7 Å². The van der Waals surface area contributed by atoms with E-state index in [4.69, 9.17) is 12.2 Å². The maximum Gasteiger partial charge on any atom is 0.276 e. The van der Waals surface area contributed by atoms with Crippen molar-refractivity contribution in [3.8, 4) is 0 Å². The first-order chi connectivity index (χ1) is 14.4. The van der Waals surface area contributed by atoms with E-state index < -0.39 is 0 Å². The monoisotopic (exact) mass is 431 g/mol. The van der Waals surface area contributed by atoms with Gasteiger partial charge in [0, 0.05) is 23.0 Å². The van der Waals surface area contributed by atoms with Gasteiger partial charge in [-0.05, 0) is 53.7 Å². The minimum atomic E-state index is -0.149. The summed E-state index contributed by atoms with van der Waals surface area (Å²) >= 11 is 6.90. The van der Waals surface area contributed by atoms with Gasteiger partial charge in [0.15, 0.2) is 5.11 Å². The van der Waals surface area contributed by atoms with Crippen LogP contribution >= 0.6 is 23.6 Å². The van der Waals surface area contributed by atoms with E-state index in [1.807, 2.05) is 12.1 Å². The third-order valence-electron chi connectivity index (χ3n) is 5.81. The maximum atomic E-state index is 12.5. The van der Waals surface area contributed by atoms with E-state index in [1.54, 1.807) is 18.4 Å². The molecule has 6 heteroatoms. The summed E-state index contributed by atoms with van der Waals surface area (Å²) in [5.74, 6) is -0.103. The zero-order chi connectivity index (χ0) is 21.0. The molecule has 1 fully saturated rings. The van der Waals surface area contributed by atoms with Gasteiger partial charge < -0.3 is 10.2 Å². The molecule has 2 aliphatic rings. The first-order valence-corrected chi connectivity index (χ1v) is 11.0. The van der Waals surface area contributed by atoms with Gasteiger partial charge in [-0.25, -0.2) is 0 Å². The number of hydrogen-bond donors (Lipinski definition) is 1. The molecule has 0 saturated carbocycles. The molecule has 3 heterocycles. The normalized spacial score (nSPS) is 18.4. The molecule has 4 nitrogen and oxygen atoms in total. The molecule has 0 bridgehead atoms. The maximum absolute atomic E-state index is 12.5. The van der Waals surface area contributed by atoms with Crippen LogP contribution in [0.25, 0.3) is 6.08 Å². The number of thiophene rings is 1. The van der Waals surface area contributed by atoms with E-state index in [-0.39, 0.29) is 11.3 Å². The second kappa shape index (κ2) is 6.79. The number of para-hydroxylation sites is 2. The fraction of sp³-hybridized carbons (Fsp3) is 0.167. The topological polar surface area (TPSA) is 35.6 Å². The standard InChI is InChI=1S/C24H21N3OS2/c1-24(2)17-11-7-8-12-20(17)27(15-9-5-4-6-10-15)22-18(24)13-16(30-22)14-19-21(28)26(3)23(29)25-19/h4-14H,1-3H3,(H,25,29)/b19-14+. The minimum Gasteiger partial charge on any atom is -0.328 e. The molecule has 0 atom stereocenters. The first-order valence-electron chi connectivity index (χ1n) is 9.77. The second-order valence-corrected chi connectivity index (χ2v) is 9.48. The Morgan fingerprint density at radius 3 is 2.43 bits per heavy atom. The number of rotatable bonds is 2. The molecule has 150 valence electrons. The van der Waals surface area contributed by atoms with Crippen LogP contribution in [0, 0.1) is 0 Å². The van der Waals surface area contributed by atoms with Gasteiger partial charge in [0.1, 0.15) is 10.7 Å². The number of nitrogens with zero attached hydrogens (tertiary/aromatic N) is 2. The van der Waals surface area contributed by atoms with Gasteiger partial charge >= 0.3 is 0 Å². The van der Waals surface area contributed by atoms with Gasteiger partial charge in [-0.3, -0.25) is 9.69 Å². The highest BCUT2D eigenvalue weighted by Crippen LogP contribution is 2.55. The lowest BCUT2D eigenvalue weighted by Crippen LogP contribution is -2.29. The molecule has 0 radical (unpaired) electrons. The molecule has 0 aliphatic carbocycles. The van der Waals surface area contributed by atoms with E-state index in [0.29, 0.717) is 10.8 Å². The summed E-state index contributed by atoms with van der Waals surface area (Å²) in [4.78, 5) is 17.3. The third-order valence-corrected chi connectivity index (χ3v) is 7.25. The van der Waals surface area contributed by atoms with Crippen molar-refractivity contribution >= 4 is 57.0 Å². The van der Waals surface area contributed by atoms with Gasteiger partial charge in [-0.15, -0.1) is 11.3 Å². The fourth-order valence-corrected chi connectivity index (χ4v) is 5.62. The van der Waals surface area contributed by atoms with Crippen LogP contribution in [0.15, 0.2) is 66.4 Å². The molecule has 3 aromatic rings. The van der Waals surface area contributed by atoms with Crippen molar-refractivity contribution in [2.24, 2.45) is 0 Å². The van der Waals surface area contributed by atoms with Crippen molar-refractivity contribution in [1.29, 1.82) is 0 Å². The minimum absolute atomic E-state index is 0.103. The summed E-state index contributed by atoms with van der Waals surface area (Å²) < 4.78 is 0. The molecule has 2 aromatic carbocycles. The Morgan fingerprint density at radius 2 is 1.73 bits per heavy atom. The zero-order valence-corrected chi connectivity index (χ0v) is 18.6. The van der Waals surface area contributed by atoms with Crippen LogP contribution in [0.3, 0.4) is 0 Å². The fourth-order valence-electron chi connectivity index (χ4n) is 4.14. The molecule has 5 rings (SSSR count). The van der Waals surface area contributed by atoms with Crippen molar-refractivity contribution in [3.63, 3.8) is 0 Å². The van der Waals surface area contributed by atoms with E-state index >= 15 is 0 Å². The molecule has 0 unspecified atom stereocenters. The van der Waals surface area contributed by atoms with Gasteiger partial charge in [-0.2, -0.15) is 0 Å². The van der Waals surface area contributed by atoms with Crippen LogP contribution in [0.4, 0.5) is 16.4 Å². The van der Waals surface area contributed by atoms with Crippen molar-refractivity contribution in [1.82, 2.24) is 10.2 Å². The highest BCUT2D eigenvalue weighted by Gasteiger charge is 2.38. The Hall–Kier alpha value is -2.96. The molecule has 1 saturated heterocycles. The molecule has 2 aliphatic heterocycles. The number of thiocarbonyl (C=S) groups is 1. The van der Waals surface area contributed by atoms with Crippen LogP contribution < -0.4 is 10.2 Å². The van der Waals surface area contributed by atoms with E-state index in [2.05, 4.69) is 78.7 Å². The summed E-state index contributed by atoms with van der Waals surface area (Å²) in [5, 5.41) is 4.64. The van der Waals surface area contributed by atoms with Crippen LogP contribution in [0.2, 0.25) is 0 Å². The lowest BCUT2D eigenvalue weighted by atomic mass is 9.75. The van der Waals surface area contributed by atoms with Crippen molar-refractivity contribution in [2.75, 3.05) is 11.9 Å². The number of nitrogens with one attached hydrogen (secondary N) is 1. The van der Waals surface area contributed by atoms with Crippen molar-refractivity contribution < 1.29 is 4.79 Å². The number of benzene rings is 2. The number of carbonyl (C=O) groups excluding carboxylic acids is 1. The molecule has 1 amide bonds. The van der Waals surface area contributed by atoms with Gasteiger partial charge in [0.2, 0.25) is 0 Å². The second-order valence-electron chi connectivity index (χ2n) is 8.03. The average molecular weight is 432 g/mol. The quantitative estimate of drug-likeness (QED) is 0.427. The van der Waals surface area contributed by atoms with Crippen LogP contribution in [0.5, 0.6) is 0 Å². The Balaban J connectivity index is 1.69. The largest absolute Gasteiger partial charge is 0.328 e. The van der Waals surface area contributed by atoms with Gasteiger partial charge in [-0.1, -0.05) is 50.2 Å².